The molecule has 118 valence electrons. The molecular formula is C17H20FNO3. The second kappa shape index (κ2) is 7.22. The van der Waals surface area contributed by atoms with Crippen LogP contribution in [0.25, 0.3) is 11.1 Å². The summed E-state index contributed by atoms with van der Waals surface area (Å²) in [5.41, 5.74) is 1.33. The van der Waals surface area contributed by atoms with Gasteiger partial charge in [0.05, 0.1) is 6.26 Å². The zero-order valence-electron chi connectivity index (χ0n) is 12.7. The monoisotopic (exact) mass is 305 g/mol. The topological polar surface area (TPSA) is 62.5 Å². The molecule has 0 aliphatic rings. The number of amides is 1. The third-order valence-electron chi connectivity index (χ3n) is 3.59. The van der Waals surface area contributed by atoms with Gasteiger partial charge in [-0.3, -0.25) is 4.79 Å². The number of hydrogen-bond acceptors (Lipinski definition) is 3. The van der Waals surface area contributed by atoms with Crippen molar-refractivity contribution in [3.8, 4) is 11.1 Å². The van der Waals surface area contributed by atoms with Crippen LogP contribution in [0, 0.1) is 11.7 Å². The lowest BCUT2D eigenvalue weighted by molar-refractivity contribution is 0.0889. The summed E-state index contributed by atoms with van der Waals surface area (Å²) in [6.07, 6.45) is 1.92. The molecule has 0 saturated carbocycles. The third kappa shape index (κ3) is 3.74. The lowest BCUT2D eigenvalue weighted by Crippen LogP contribution is -2.39. The van der Waals surface area contributed by atoms with Crippen LogP contribution in [0.3, 0.4) is 0 Å². The minimum atomic E-state index is -0.337. The standard InChI is InChI=1S/C17H20FNO3/c1-11(2)15(7-9-20)19-17(21)16-14(8-10-22-16)12-3-5-13(18)6-4-12/h3-6,8,10-11,15,20H,7,9H2,1-2H3,(H,19,21). The van der Waals surface area contributed by atoms with Gasteiger partial charge in [-0.1, -0.05) is 26.0 Å². The molecule has 0 bridgehead atoms. The Morgan fingerprint density at radius 3 is 2.55 bits per heavy atom. The highest BCUT2D eigenvalue weighted by atomic mass is 19.1. The van der Waals surface area contributed by atoms with Gasteiger partial charge in [0.1, 0.15) is 5.82 Å². The van der Waals surface area contributed by atoms with E-state index in [0.717, 1.165) is 0 Å². The fraction of sp³-hybridized carbons (Fsp3) is 0.353. The van der Waals surface area contributed by atoms with E-state index >= 15 is 0 Å². The van der Waals surface area contributed by atoms with Crippen LogP contribution in [0.4, 0.5) is 4.39 Å². The minimum absolute atomic E-state index is 0.00605. The number of nitrogens with one attached hydrogen (secondary N) is 1. The predicted molar refractivity (Wildman–Crippen MR) is 81.9 cm³/mol. The second-order valence-corrected chi connectivity index (χ2v) is 5.51. The first kappa shape index (κ1) is 16.2. The summed E-state index contributed by atoms with van der Waals surface area (Å²) in [6.45, 7) is 3.96. The maximum atomic E-state index is 13.0. The maximum Gasteiger partial charge on any atom is 0.287 e. The number of carbonyl (C=O) groups excluding carboxylic acids is 1. The van der Waals surface area contributed by atoms with Crippen LogP contribution in [-0.4, -0.2) is 23.7 Å². The van der Waals surface area contributed by atoms with Gasteiger partial charge in [-0.05, 0) is 36.1 Å². The van der Waals surface area contributed by atoms with Crippen molar-refractivity contribution in [2.75, 3.05) is 6.61 Å². The number of rotatable bonds is 6. The van der Waals surface area contributed by atoms with E-state index in [4.69, 9.17) is 9.52 Å². The van der Waals surface area contributed by atoms with Crippen LogP contribution in [0.5, 0.6) is 0 Å². The Morgan fingerprint density at radius 2 is 1.95 bits per heavy atom. The molecule has 2 aromatic rings. The summed E-state index contributed by atoms with van der Waals surface area (Å²) >= 11 is 0. The Labute approximate surface area is 129 Å². The van der Waals surface area contributed by atoms with E-state index < -0.39 is 0 Å². The molecular weight excluding hydrogens is 285 g/mol. The van der Waals surface area contributed by atoms with Crippen molar-refractivity contribution in [3.63, 3.8) is 0 Å². The van der Waals surface area contributed by atoms with Crippen molar-refractivity contribution < 1.29 is 18.7 Å². The summed E-state index contributed by atoms with van der Waals surface area (Å²) in [6, 6.07) is 7.43. The van der Waals surface area contributed by atoms with Crippen LogP contribution in [0.15, 0.2) is 41.0 Å². The maximum absolute atomic E-state index is 13.0. The molecule has 0 aliphatic heterocycles. The second-order valence-electron chi connectivity index (χ2n) is 5.51. The zero-order valence-corrected chi connectivity index (χ0v) is 12.7. The molecule has 1 amide bonds. The van der Waals surface area contributed by atoms with Crippen LogP contribution in [0.2, 0.25) is 0 Å². The van der Waals surface area contributed by atoms with Gasteiger partial charge in [0.2, 0.25) is 0 Å². The molecule has 2 rings (SSSR count). The van der Waals surface area contributed by atoms with Gasteiger partial charge in [0.15, 0.2) is 5.76 Å². The van der Waals surface area contributed by atoms with E-state index in [1.165, 1.54) is 18.4 Å². The molecule has 1 unspecified atom stereocenters. The average molecular weight is 305 g/mol. The third-order valence-corrected chi connectivity index (χ3v) is 3.59. The van der Waals surface area contributed by atoms with Crippen molar-refractivity contribution in [3.05, 3.63) is 48.2 Å². The first-order valence-electron chi connectivity index (χ1n) is 7.28. The summed E-state index contributed by atoms with van der Waals surface area (Å²) in [5, 5.41) is 12.0. The number of halogens is 1. The van der Waals surface area contributed by atoms with Crippen molar-refractivity contribution in [1.29, 1.82) is 0 Å². The predicted octanol–water partition coefficient (Wildman–Crippen LogP) is 3.22. The first-order chi connectivity index (χ1) is 10.5. The Hall–Kier alpha value is -2.14. The van der Waals surface area contributed by atoms with E-state index in [2.05, 4.69) is 5.32 Å². The highest BCUT2D eigenvalue weighted by Crippen LogP contribution is 2.25. The molecule has 2 N–H and O–H groups in total. The van der Waals surface area contributed by atoms with Gasteiger partial charge >= 0.3 is 0 Å². The number of aliphatic hydroxyl groups excluding tert-OH is 1. The number of furan rings is 1. The van der Waals surface area contributed by atoms with Gasteiger partial charge in [-0.25, -0.2) is 4.39 Å². The van der Waals surface area contributed by atoms with Gasteiger partial charge < -0.3 is 14.8 Å². The molecule has 0 radical (unpaired) electrons. The molecule has 0 saturated heterocycles. The first-order valence-corrected chi connectivity index (χ1v) is 7.28. The molecule has 0 fully saturated rings. The van der Waals surface area contributed by atoms with Gasteiger partial charge in [0.25, 0.3) is 5.91 Å². The largest absolute Gasteiger partial charge is 0.459 e. The number of hydrogen-bond donors (Lipinski definition) is 2. The Morgan fingerprint density at radius 1 is 1.27 bits per heavy atom. The quantitative estimate of drug-likeness (QED) is 0.861. The molecule has 5 heteroatoms. The van der Waals surface area contributed by atoms with Crippen LogP contribution < -0.4 is 5.32 Å². The number of benzene rings is 1. The van der Waals surface area contributed by atoms with E-state index in [-0.39, 0.29) is 36.1 Å². The number of aliphatic hydroxyl groups is 1. The average Bonchev–Trinajstić information content (AvgIpc) is 2.97. The van der Waals surface area contributed by atoms with Gasteiger partial charge in [0, 0.05) is 18.2 Å². The Kier molecular flexibility index (Phi) is 5.33. The van der Waals surface area contributed by atoms with E-state index in [0.29, 0.717) is 17.5 Å². The molecule has 1 atom stereocenters. The van der Waals surface area contributed by atoms with Gasteiger partial charge in [-0.15, -0.1) is 0 Å². The molecule has 1 aromatic heterocycles. The lowest BCUT2D eigenvalue weighted by atomic mass is 10.0. The SMILES string of the molecule is CC(C)C(CCO)NC(=O)c1occc1-c1ccc(F)cc1. The van der Waals surface area contributed by atoms with Crippen molar-refractivity contribution in [1.82, 2.24) is 5.32 Å². The highest BCUT2D eigenvalue weighted by Gasteiger charge is 2.21. The number of carbonyl (C=O) groups is 1. The Balaban J connectivity index is 2.21. The van der Waals surface area contributed by atoms with Crippen molar-refractivity contribution in [2.24, 2.45) is 5.92 Å². The summed E-state index contributed by atoms with van der Waals surface area (Å²) in [4.78, 5) is 12.4. The molecule has 22 heavy (non-hydrogen) atoms. The van der Waals surface area contributed by atoms with Crippen molar-refractivity contribution in [2.45, 2.75) is 26.3 Å². The van der Waals surface area contributed by atoms with Crippen LogP contribution in [-0.2, 0) is 0 Å². The Bertz CT molecular complexity index is 619. The van der Waals surface area contributed by atoms with Crippen molar-refractivity contribution >= 4 is 5.91 Å². The molecule has 1 heterocycles. The fourth-order valence-corrected chi connectivity index (χ4v) is 2.29. The highest BCUT2D eigenvalue weighted by molar-refractivity contribution is 5.98. The minimum Gasteiger partial charge on any atom is -0.459 e. The lowest BCUT2D eigenvalue weighted by Gasteiger charge is -2.21. The summed E-state index contributed by atoms with van der Waals surface area (Å²) in [5.74, 6) is -0.284. The molecule has 1 aromatic carbocycles. The summed E-state index contributed by atoms with van der Waals surface area (Å²) < 4.78 is 18.3. The van der Waals surface area contributed by atoms with Gasteiger partial charge in [-0.2, -0.15) is 0 Å². The molecule has 0 aliphatic carbocycles. The fourth-order valence-electron chi connectivity index (χ4n) is 2.29. The van der Waals surface area contributed by atoms with E-state index in [1.807, 2.05) is 13.8 Å². The molecule has 4 nitrogen and oxygen atoms in total. The molecule has 0 spiro atoms. The normalized spacial score (nSPS) is 12.4. The smallest absolute Gasteiger partial charge is 0.287 e. The van der Waals surface area contributed by atoms with E-state index in [1.54, 1.807) is 18.2 Å². The van der Waals surface area contributed by atoms with Crippen LogP contribution in [0.1, 0.15) is 30.8 Å². The van der Waals surface area contributed by atoms with Crippen LogP contribution >= 0.6 is 0 Å². The summed E-state index contributed by atoms with van der Waals surface area (Å²) in [7, 11) is 0. The zero-order chi connectivity index (χ0) is 16.1. The van der Waals surface area contributed by atoms with E-state index in [9.17, 15) is 9.18 Å².